The normalized spacial score (nSPS) is 20.1. The Morgan fingerprint density at radius 1 is 1.20 bits per heavy atom. The summed E-state index contributed by atoms with van der Waals surface area (Å²) < 4.78 is 0. The number of aliphatic hydroxyl groups excluding tert-OH is 1. The van der Waals surface area contributed by atoms with Crippen molar-refractivity contribution in [3.63, 3.8) is 0 Å². The van der Waals surface area contributed by atoms with Gasteiger partial charge in [-0.2, -0.15) is 0 Å². The van der Waals surface area contributed by atoms with Gasteiger partial charge in [0.05, 0.1) is 6.10 Å². The van der Waals surface area contributed by atoms with Crippen molar-refractivity contribution in [1.82, 2.24) is 4.90 Å². The molecule has 0 bridgehead atoms. The van der Waals surface area contributed by atoms with Gasteiger partial charge in [-0.05, 0) is 17.9 Å². The summed E-state index contributed by atoms with van der Waals surface area (Å²) in [5.41, 5.74) is 7.03. The van der Waals surface area contributed by atoms with Crippen LogP contribution in [0.3, 0.4) is 0 Å². The Kier molecular flexibility index (Phi) is 6.31. The zero-order chi connectivity index (χ0) is 18.6. The number of primary amides is 1. The van der Waals surface area contributed by atoms with Gasteiger partial charge in [0.2, 0.25) is 11.8 Å². The van der Waals surface area contributed by atoms with Crippen molar-refractivity contribution in [1.29, 1.82) is 0 Å². The highest BCUT2D eigenvalue weighted by Crippen LogP contribution is 2.20. The predicted molar refractivity (Wildman–Crippen MR) is 93.9 cm³/mol. The number of carbonyl (C=O) groups excluding carboxylic acids is 3. The lowest BCUT2D eigenvalue weighted by molar-refractivity contribution is -0.137. The molecule has 1 fully saturated rings. The van der Waals surface area contributed by atoms with E-state index in [0.29, 0.717) is 11.5 Å². The minimum Gasteiger partial charge on any atom is -0.391 e. The SMILES string of the molecule is CC(C)Cc1ccc(C(=O)CCC(=O)N2CC(O)CC2C(N)=O)cc1. The first kappa shape index (κ1) is 19.1. The van der Waals surface area contributed by atoms with Gasteiger partial charge >= 0.3 is 0 Å². The van der Waals surface area contributed by atoms with E-state index in [1.54, 1.807) is 12.1 Å². The molecule has 2 unspecified atom stereocenters. The minimum atomic E-state index is -0.784. The molecule has 0 saturated carbocycles. The van der Waals surface area contributed by atoms with Gasteiger partial charge in [-0.3, -0.25) is 14.4 Å². The van der Waals surface area contributed by atoms with E-state index in [4.69, 9.17) is 5.73 Å². The summed E-state index contributed by atoms with van der Waals surface area (Å²) >= 11 is 0. The fourth-order valence-electron chi connectivity index (χ4n) is 3.17. The van der Waals surface area contributed by atoms with E-state index in [-0.39, 0.29) is 37.5 Å². The number of nitrogens with zero attached hydrogens (tertiary/aromatic N) is 1. The Hall–Kier alpha value is -2.21. The monoisotopic (exact) mass is 346 g/mol. The summed E-state index contributed by atoms with van der Waals surface area (Å²) in [6.07, 6.45) is 0.444. The minimum absolute atomic E-state index is 0.00305. The molecule has 3 N–H and O–H groups in total. The number of Topliss-reactive ketones (excluding diaryl/α,β-unsaturated/α-hetero) is 1. The molecule has 0 spiro atoms. The second-order valence-electron chi connectivity index (χ2n) is 7.07. The molecule has 1 saturated heterocycles. The second kappa shape index (κ2) is 8.25. The molecule has 2 amide bonds. The number of hydrogen-bond donors (Lipinski definition) is 2. The number of ketones is 1. The highest BCUT2D eigenvalue weighted by atomic mass is 16.3. The zero-order valence-corrected chi connectivity index (χ0v) is 14.8. The average molecular weight is 346 g/mol. The number of carbonyl (C=O) groups is 3. The first-order valence-electron chi connectivity index (χ1n) is 8.67. The van der Waals surface area contributed by atoms with E-state index < -0.39 is 18.1 Å². The fraction of sp³-hybridized carbons (Fsp3) is 0.526. The van der Waals surface area contributed by atoms with Gasteiger partial charge in [0, 0.05) is 31.4 Å². The lowest BCUT2D eigenvalue weighted by atomic mass is 9.99. The van der Waals surface area contributed by atoms with Crippen molar-refractivity contribution in [2.24, 2.45) is 11.7 Å². The number of hydrogen-bond acceptors (Lipinski definition) is 4. The van der Waals surface area contributed by atoms with Crippen LogP contribution in [0.4, 0.5) is 0 Å². The van der Waals surface area contributed by atoms with E-state index in [1.165, 1.54) is 10.5 Å². The Morgan fingerprint density at radius 3 is 2.40 bits per heavy atom. The average Bonchev–Trinajstić information content (AvgIpc) is 2.94. The molecule has 2 atom stereocenters. The van der Waals surface area contributed by atoms with Gasteiger partial charge in [-0.1, -0.05) is 38.1 Å². The molecule has 6 heteroatoms. The zero-order valence-electron chi connectivity index (χ0n) is 14.8. The summed E-state index contributed by atoms with van der Waals surface area (Å²) in [7, 11) is 0. The third kappa shape index (κ3) is 5.13. The van der Waals surface area contributed by atoms with Crippen LogP contribution in [-0.4, -0.2) is 46.3 Å². The maximum Gasteiger partial charge on any atom is 0.240 e. The van der Waals surface area contributed by atoms with Gasteiger partial charge in [0.1, 0.15) is 6.04 Å². The van der Waals surface area contributed by atoms with Crippen LogP contribution in [0.25, 0.3) is 0 Å². The van der Waals surface area contributed by atoms with Crippen LogP contribution in [0.15, 0.2) is 24.3 Å². The standard InChI is InChI=1S/C19H26N2O4/c1-12(2)9-13-3-5-14(6-4-13)17(23)7-8-18(24)21-11-15(22)10-16(21)19(20)25/h3-6,12,15-16,22H,7-11H2,1-2H3,(H2,20,25). The van der Waals surface area contributed by atoms with Crippen LogP contribution in [-0.2, 0) is 16.0 Å². The van der Waals surface area contributed by atoms with Gasteiger partial charge < -0.3 is 15.7 Å². The van der Waals surface area contributed by atoms with E-state index >= 15 is 0 Å². The maximum absolute atomic E-state index is 12.3. The molecular formula is C19H26N2O4. The molecular weight excluding hydrogens is 320 g/mol. The van der Waals surface area contributed by atoms with E-state index in [9.17, 15) is 19.5 Å². The molecule has 25 heavy (non-hydrogen) atoms. The summed E-state index contributed by atoms with van der Waals surface area (Å²) in [6.45, 7) is 4.36. The molecule has 1 aliphatic rings. The number of β-amino-alcohol motifs (C(OH)–C–C–N with tert-alkyl or cyclic N) is 1. The number of aliphatic hydroxyl groups is 1. The van der Waals surface area contributed by atoms with Gasteiger partial charge in [-0.25, -0.2) is 0 Å². The smallest absolute Gasteiger partial charge is 0.240 e. The summed E-state index contributed by atoms with van der Waals surface area (Å²) in [4.78, 5) is 37.2. The van der Waals surface area contributed by atoms with Crippen molar-refractivity contribution in [2.45, 2.75) is 51.7 Å². The Balaban J connectivity index is 1.90. The number of rotatable bonds is 7. The van der Waals surface area contributed by atoms with Crippen LogP contribution < -0.4 is 5.73 Å². The topological polar surface area (TPSA) is 101 Å². The summed E-state index contributed by atoms with van der Waals surface area (Å²) in [6, 6.07) is 6.67. The first-order chi connectivity index (χ1) is 11.8. The van der Waals surface area contributed by atoms with E-state index in [1.807, 2.05) is 12.1 Å². The summed E-state index contributed by atoms with van der Waals surface area (Å²) in [5, 5.41) is 9.64. The van der Waals surface area contributed by atoms with Crippen molar-refractivity contribution >= 4 is 17.6 Å². The number of likely N-dealkylation sites (tertiary alicyclic amines) is 1. The van der Waals surface area contributed by atoms with Crippen molar-refractivity contribution in [3.05, 3.63) is 35.4 Å². The lowest BCUT2D eigenvalue weighted by Gasteiger charge is -2.21. The molecule has 136 valence electrons. The van der Waals surface area contributed by atoms with Gasteiger partial charge in [-0.15, -0.1) is 0 Å². The van der Waals surface area contributed by atoms with Crippen molar-refractivity contribution in [2.75, 3.05) is 6.54 Å². The van der Waals surface area contributed by atoms with Crippen molar-refractivity contribution in [3.8, 4) is 0 Å². The quantitative estimate of drug-likeness (QED) is 0.727. The van der Waals surface area contributed by atoms with Crippen LogP contribution >= 0.6 is 0 Å². The number of benzene rings is 1. The van der Waals surface area contributed by atoms with Crippen LogP contribution in [0.1, 0.15) is 49.0 Å². The summed E-state index contributed by atoms with van der Waals surface area (Å²) in [5.74, 6) is -0.518. The van der Waals surface area contributed by atoms with Crippen LogP contribution in [0.5, 0.6) is 0 Å². The lowest BCUT2D eigenvalue weighted by Crippen LogP contribution is -2.43. The number of amides is 2. The molecule has 1 heterocycles. The molecule has 0 aromatic heterocycles. The molecule has 2 rings (SSSR count). The molecule has 1 aliphatic heterocycles. The van der Waals surface area contributed by atoms with E-state index in [2.05, 4.69) is 13.8 Å². The predicted octanol–water partition coefficient (Wildman–Crippen LogP) is 1.30. The van der Waals surface area contributed by atoms with Crippen molar-refractivity contribution < 1.29 is 19.5 Å². The molecule has 6 nitrogen and oxygen atoms in total. The highest BCUT2D eigenvalue weighted by Gasteiger charge is 2.37. The van der Waals surface area contributed by atoms with E-state index in [0.717, 1.165) is 6.42 Å². The van der Waals surface area contributed by atoms with Crippen LogP contribution in [0.2, 0.25) is 0 Å². The third-order valence-electron chi connectivity index (χ3n) is 4.41. The fourth-order valence-corrected chi connectivity index (χ4v) is 3.17. The highest BCUT2D eigenvalue weighted by molar-refractivity contribution is 5.98. The Morgan fingerprint density at radius 2 is 1.84 bits per heavy atom. The second-order valence-corrected chi connectivity index (χ2v) is 7.07. The molecule has 0 radical (unpaired) electrons. The van der Waals surface area contributed by atoms with Gasteiger partial charge in [0.25, 0.3) is 0 Å². The Bertz CT molecular complexity index is 639. The van der Waals surface area contributed by atoms with Gasteiger partial charge in [0.15, 0.2) is 5.78 Å². The molecule has 1 aromatic carbocycles. The number of nitrogens with two attached hydrogens (primary N) is 1. The molecule has 1 aromatic rings. The largest absolute Gasteiger partial charge is 0.391 e. The third-order valence-corrected chi connectivity index (χ3v) is 4.41. The molecule has 0 aliphatic carbocycles. The van der Waals surface area contributed by atoms with Crippen LogP contribution in [0, 0.1) is 5.92 Å². The Labute approximate surface area is 148 Å². The first-order valence-corrected chi connectivity index (χ1v) is 8.67. The maximum atomic E-state index is 12.3.